The summed E-state index contributed by atoms with van der Waals surface area (Å²) in [5, 5.41) is 32.8. The number of unbranched alkanes of at least 4 members (excludes halogenated alkanes) is 20. The van der Waals surface area contributed by atoms with E-state index in [1.165, 1.54) is 122 Å². The Balaban J connectivity index is 3.84. The lowest BCUT2D eigenvalue weighted by molar-refractivity contribution is -0.124. The molecular weight excluding hydrogens is 522 g/mol. The molecule has 0 saturated heterocycles. The van der Waals surface area contributed by atoms with Gasteiger partial charge in [0, 0.05) is 0 Å². The van der Waals surface area contributed by atoms with Crippen molar-refractivity contribution in [1.29, 1.82) is 0 Å². The molecule has 5 nitrogen and oxygen atoms in total. The Morgan fingerprint density at radius 3 is 1.52 bits per heavy atom. The molecule has 0 saturated carbocycles. The van der Waals surface area contributed by atoms with Gasteiger partial charge < -0.3 is 20.6 Å². The molecule has 0 aliphatic rings. The molecule has 0 aromatic heterocycles. The highest BCUT2D eigenvalue weighted by Crippen LogP contribution is 2.14. The van der Waals surface area contributed by atoms with Crippen molar-refractivity contribution in [1.82, 2.24) is 5.32 Å². The zero-order valence-electron chi connectivity index (χ0n) is 27.6. The zero-order valence-corrected chi connectivity index (χ0v) is 27.6. The van der Waals surface area contributed by atoms with Crippen LogP contribution in [0.25, 0.3) is 0 Å². The summed E-state index contributed by atoms with van der Waals surface area (Å²) in [5.41, 5.74) is 0. The van der Waals surface area contributed by atoms with Crippen molar-refractivity contribution in [2.75, 3.05) is 6.61 Å². The van der Waals surface area contributed by atoms with Crippen LogP contribution in [-0.2, 0) is 4.79 Å². The van der Waals surface area contributed by atoms with Crippen molar-refractivity contribution in [3.8, 4) is 0 Å². The smallest absolute Gasteiger partial charge is 0.223 e. The molecule has 1 amide bonds. The van der Waals surface area contributed by atoms with Crippen LogP contribution in [0.5, 0.6) is 0 Å². The van der Waals surface area contributed by atoms with E-state index in [2.05, 4.69) is 31.3 Å². The van der Waals surface area contributed by atoms with Gasteiger partial charge in [0.15, 0.2) is 0 Å². The molecule has 42 heavy (non-hydrogen) atoms. The summed E-state index contributed by atoms with van der Waals surface area (Å²) in [4.78, 5) is 12.3. The van der Waals surface area contributed by atoms with Crippen LogP contribution in [0, 0.1) is 0 Å². The molecule has 3 atom stereocenters. The standard InChI is InChI=1S/C37H69NO4/c1-3-5-7-9-11-13-15-16-17-18-19-21-23-25-27-29-31-36(41)35(33-39)38-37(42)32-34(40)30-28-26-24-22-20-14-12-10-8-6-4-2/h22,24,28-31,34-36,39-41H,3-21,23,25-27,32-33H2,1-2H3,(H,38,42)/b24-22-,30-28-,31-29+. The average molecular weight is 592 g/mol. The van der Waals surface area contributed by atoms with E-state index >= 15 is 0 Å². The SMILES string of the molecule is CCCCCCCC/C=C\C/C=C\C(O)CC(=O)NC(CO)C(O)/C=C/CCCCCCCCCCCCCCCC. The number of hydrogen-bond acceptors (Lipinski definition) is 4. The van der Waals surface area contributed by atoms with Gasteiger partial charge >= 0.3 is 0 Å². The van der Waals surface area contributed by atoms with E-state index in [1.54, 1.807) is 12.2 Å². The predicted molar refractivity (Wildman–Crippen MR) is 181 cm³/mol. The maximum atomic E-state index is 12.3. The van der Waals surface area contributed by atoms with Crippen LogP contribution in [0.3, 0.4) is 0 Å². The second-order valence-electron chi connectivity index (χ2n) is 12.1. The van der Waals surface area contributed by atoms with Crippen LogP contribution in [0.15, 0.2) is 36.5 Å². The molecule has 0 aliphatic heterocycles. The molecule has 0 aromatic carbocycles. The van der Waals surface area contributed by atoms with Crippen LogP contribution < -0.4 is 5.32 Å². The summed E-state index contributed by atoms with van der Waals surface area (Å²) >= 11 is 0. The summed E-state index contributed by atoms with van der Waals surface area (Å²) in [5.74, 6) is -0.385. The third kappa shape index (κ3) is 28.7. The topological polar surface area (TPSA) is 89.8 Å². The monoisotopic (exact) mass is 592 g/mol. The quantitative estimate of drug-likeness (QED) is 0.0478. The Kier molecular flexibility index (Phi) is 31.4. The molecule has 0 rings (SSSR count). The minimum absolute atomic E-state index is 0.0933. The highest BCUT2D eigenvalue weighted by atomic mass is 16.3. The summed E-state index contributed by atoms with van der Waals surface area (Å²) in [7, 11) is 0. The highest BCUT2D eigenvalue weighted by molar-refractivity contribution is 5.77. The van der Waals surface area contributed by atoms with Gasteiger partial charge in [0.2, 0.25) is 5.91 Å². The lowest BCUT2D eigenvalue weighted by Gasteiger charge is -2.20. The molecule has 0 aromatic rings. The Labute approximate surface area is 260 Å². The summed E-state index contributed by atoms with van der Waals surface area (Å²) < 4.78 is 0. The zero-order chi connectivity index (χ0) is 30.9. The van der Waals surface area contributed by atoms with E-state index < -0.39 is 18.2 Å². The predicted octanol–water partition coefficient (Wildman–Crippen LogP) is 9.26. The normalized spacial score (nSPS) is 14.3. The molecule has 0 fully saturated rings. The van der Waals surface area contributed by atoms with E-state index in [4.69, 9.17) is 0 Å². The number of carbonyl (C=O) groups is 1. The first kappa shape index (κ1) is 40.6. The molecule has 3 unspecified atom stereocenters. The van der Waals surface area contributed by atoms with E-state index in [-0.39, 0.29) is 18.9 Å². The molecule has 5 heteroatoms. The minimum Gasteiger partial charge on any atom is -0.394 e. The number of nitrogens with one attached hydrogen (secondary N) is 1. The number of aliphatic hydroxyl groups excluding tert-OH is 3. The van der Waals surface area contributed by atoms with Gasteiger partial charge in [-0.05, 0) is 32.1 Å². The minimum atomic E-state index is -0.949. The van der Waals surface area contributed by atoms with E-state index in [0.717, 1.165) is 25.7 Å². The van der Waals surface area contributed by atoms with Crippen molar-refractivity contribution < 1.29 is 20.1 Å². The van der Waals surface area contributed by atoms with Gasteiger partial charge in [0.25, 0.3) is 0 Å². The Bertz CT molecular complexity index is 660. The fraction of sp³-hybridized carbons (Fsp3) is 0.811. The van der Waals surface area contributed by atoms with Crippen LogP contribution in [0.1, 0.15) is 168 Å². The maximum Gasteiger partial charge on any atom is 0.223 e. The van der Waals surface area contributed by atoms with Crippen molar-refractivity contribution in [3.05, 3.63) is 36.5 Å². The third-order valence-electron chi connectivity index (χ3n) is 7.93. The summed E-state index contributed by atoms with van der Waals surface area (Å²) in [6, 6.07) is -0.772. The van der Waals surface area contributed by atoms with Crippen molar-refractivity contribution >= 4 is 5.91 Å². The number of rotatable bonds is 31. The Hall–Kier alpha value is -1.43. The first-order valence-corrected chi connectivity index (χ1v) is 17.8. The Morgan fingerprint density at radius 2 is 1.05 bits per heavy atom. The lowest BCUT2D eigenvalue weighted by atomic mass is 10.0. The molecule has 4 N–H and O–H groups in total. The van der Waals surface area contributed by atoms with Crippen LogP contribution >= 0.6 is 0 Å². The molecule has 0 heterocycles. The number of hydrogen-bond donors (Lipinski definition) is 4. The largest absolute Gasteiger partial charge is 0.394 e. The van der Waals surface area contributed by atoms with Gasteiger partial charge in [-0.1, -0.05) is 166 Å². The highest BCUT2D eigenvalue weighted by Gasteiger charge is 2.19. The number of amides is 1. The van der Waals surface area contributed by atoms with Gasteiger partial charge in [-0.3, -0.25) is 4.79 Å². The molecular formula is C37H69NO4. The fourth-order valence-electron chi connectivity index (χ4n) is 5.16. The second-order valence-corrected chi connectivity index (χ2v) is 12.1. The van der Waals surface area contributed by atoms with E-state index in [0.29, 0.717) is 0 Å². The van der Waals surface area contributed by atoms with Crippen LogP contribution in [0.4, 0.5) is 0 Å². The lowest BCUT2D eigenvalue weighted by Crippen LogP contribution is -2.45. The fourth-order valence-corrected chi connectivity index (χ4v) is 5.16. The van der Waals surface area contributed by atoms with Gasteiger partial charge in [-0.25, -0.2) is 0 Å². The van der Waals surface area contributed by atoms with Gasteiger partial charge in [-0.15, -0.1) is 0 Å². The van der Waals surface area contributed by atoms with Crippen LogP contribution in [0.2, 0.25) is 0 Å². The van der Waals surface area contributed by atoms with Crippen molar-refractivity contribution in [2.24, 2.45) is 0 Å². The number of carbonyl (C=O) groups excluding carboxylic acids is 1. The molecule has 0 radical (unpaired) electrons. The van der Waals surface area contributed by atoms with Gasteiger partial charge in [0.1, 0.15) is 0 Å². The molecule has 0 spiro atoms. The van der Waals surface area contributed by atoms with Gasteiger partial charge in [-0.2, -0.15) is 0 Å². The summed E-state index contributed by atoms with van der Waals surface area (Å²) in [6.45, 7) is 4.15. The van der Waals surface area contributed by atoms with Crippen molar-refractivity contribution in [2.45, 2.75) is 186 Å². The van der Waals surface area contributed by atoms with E-state index in [9.17, 15) is 20.1 Å². The maximum absolute atomic E-state index is 12.3. The average Bonchev–Trinajstić information content (AvgIpc) is 2.98. The first-order chi connectivity index (χ1) is 20.5. The van der Waals surface area contributed by atoms with Gasteiger partial charge in [0.05, 0.1) is 31.3 Å². The Morgan fingerprint density at radius 1 is 0.595 bits per heavy atom. The number of allylic oxidation sites excluding steroid dienone is 4. The molecule has 0 aliphatic carbocycles. The third-order valence-corrected chi connectivity index (χ3v) is 7.93. The second kappa shape index (κ2) is 32.5. The number of aliphatic hydroxyl groups is 3. The molecule has 0 bridgehead atoms. The first-order valence-electron chi connectivity index (χ1n) is 17.8. The summed E-state index contributed by atoms with van der Waals surface area (Å²) in [6.07, 6.45) is 38.6. The molecule has 246 valence electrons. The van der Waals surface area contributed by atoms with Crippen molar-refractivity contribution in [3.63, 3.8) is 0 Å². The van der Waals surface area contributed by atoms with E-state index in [1.807, 2.05) is 12.2 Å². The van der Waals surface area contributed by atoms with Crippen LogP contribution in [-0.4, -0.2) is 46.1 Å².